The van der Waals surface area contributed by atoms with Crippen molar-refractivity contribution >= 4 is 382 Å². The van der Waals surface area contributed by atoms with Gasteiger partial charge in [-0.3, -0.25) is 22.0 Å². The van der Waals surface area contributed by atoms with Crippen LogP contribution in [0.15, 0.2) is 0 Å². The van der Waals surface area contributed by atoms with E-state index in [1.807, 2.05) is 0 Å². The van der Waals surface area contributed by atoms with Gasteiger partial charge in [-0.2, -0.15) is 0 Å². The van der Waals surface area contributed by atoms with Crippen LogP contribution in [0.25, 0.3) is 0 Å². The predicted octanol–water partition coefficient (Wildman–Crippen LogP) is -18.6. The SMILES string of the molecule is [Ba+2].[Ba+2].[Ba+2].[Ba+2].[Ba+2].[Ba+2].[Ba+2].[Cl-].[Ge].[O-]B([O-])[O-].[O-]B([O-])[O-].[O-]B([O-])[O-].[OH-].[OH-].[OH-].[OH-]. The van der Waals surface area contributed by atoms with Gasteiger partial charge >= 0.3 is 342 Å². The van der Waals surface area contributed by atoms with E-state index in [-0.39, 0.29) is 394 Å². The van der Waals surface area contributed by atoms with Crippen LogP contribution in [-0.4, -0.2) is 404 Å². The summed E-state index contributed by atoms with van der Waals surface area (Å²) in [6.45, 7) is 0. The molecule has 0 unspecified atom stereocenters. The van der Waals surface area contributed by atoms with Gasteiger partial charge in [0.15, 0.2) is 0 Å². The number of halogens is 1. The molecule has 116 valence electrons. The quantitative estimate of drug-likeness (QED) is 0.204. The Kier molecular flexibility index (Phi) is 440. The molecule has 25 heteroatoms. The molecule has 4 radical (unpaired) electrons. The zero-order valence-electron chi connectivity index (χ0n) is 13.0. The summed E-state index contributed by atoms with van der Waals surface area (Å²) in [7, 11) is -8.75. The van der Waals surface area contributed by atoms with Crippen molar-refractivity contribution in [1.29, 1.82) is 0 Å². The third kappa shape index (κ3) is 301. The van der Waals surface area contributed by atoms with Crippen molar-refractivity contribution < 1.29 is 79.5 Å². The van der Waals surface area contributed by atoms with Crippen LogP contribution >= 0.6 is 0 Å². The summed E-state index contributed by atoms with van der Waals surface area (Å²) in [5.74, 6) is 0. The molecule has 0 aromatic carbocycles. The van der Waals surface area contributed by atoms with Crippen LogP contribution in [0.4, 0.5) is 0 Å². The van der Waals surface area contributed by atoms with Gasteiger partial charge in [-0.25, -0.2) is 0 Å². The van der Waals surface area contributed by atoms with Crippen molar-refractivity contribution in [2.24, 2.45) is 0 Å². The van der Waals surface area contributed by atoms with Crippen LogP contribution < -0.4 is 57.6 Å². The summed E-state index contributed by atoms with van der Waals surface area (Å²) in [4.78, 5) is 0. The van der Waals surface area contributed by atoms with Crippen molar-refractivity contribution in [3.05, 3.63) is 0 Å². The van der Waals surface area contributed by atoms with Crippen molar-refractivity contribution in [2.75, 3.05) is 0 Å². The summed E-state index contributed by atoms with van der Waals surface area (Å²) < 4.78 is 0. The fraction of sp³-hybridized carbons (Fsp3) is 0. The Labute approximate surface area is 446 Å². The molecule has 25 heavy (non-hydrogen) atoms. The van der Waals surface area contributed by atoms with Crippen LogP contribution in [-0.2, 0) is 0 Å². The van der Waals surface area contributed by atoms with Gasteiger partial charge in [0.2, 0.25) is 0 Å². The number of hydrogen-bond donors (Lipinski definition) is 0. The first-order chi connectivity index (χ1) is 5.20. The van der Waals surface area contributed by atoms with Gasteiger partial charge < -0.3 is 79.5 Å². The summed E-state index contributed by atoms with van der Waals surface area (Å²) in [5.41, 5.74) is 0. The summed E-state index contributed by atoms with van der Waals surface area (Å²) in [6, 6.07) is 0. The van der Waals surface area contributed by atoms with Crippen LogP contribution in [0.2, 0.25) is 0 Å². The van der Waals surface area contributed by atoms with Crippen LogP contribution in [0.1, 0.15) is 0 Å². The van der Waals surface area contributed by atoms with Crippen molar-refractivity contribution in [2.45, 2.75) is 0 Å². The molecule has 0 fully saturated rings. The van der Waals surface area contributed by atoms with E-state index in [1.165, 1.54) is 0 Å². The van der Waals surface area contributed by atoms with Gasteiger partial charge in [0.25, 0.3) is 0 Å². The van der Waals surface area contributed by atoms with E-state index in [0.29, 0.717) is 0 Å². The average molecular weight is 1310 g/mol. The van der Waals surface area contributed by atoms with Crippen LogP contribution in [0.3, 0.4) is 0 Å². The normalized spacial score (nSPS) is 3.24. The maximum atomic E-state index is 8.42. The second-order valence-electron chi connectivity index (χ2n) is 0.866. The Bertz CT molecular complexity index is 72.1. The van der Waals surface area contributed by atoms with Crippen molar-refractivity contribution in [3.8, 4) is 0 Å². The topological polar surface area (TPSA) is 328 Å². The molecule has 0 aromatic rings. The van der Waals surface area contributed by atoms with Gasteiger partial charge in [0.1, 0.15) is 0 Å². The summed E-state index contributed by atoms with van der Waals surface area (Å²) in [6.07, 6.45) is 0. The minimum atomic E-state index is -2.92. The van der Waals surface area contributed by atoms with Gasteiger partial charge in [0, 0.05) is 17.6 Å². The predicted molar refractivity (Wildman–Crippen MR) is 71.0 cm³/mol. The van der Waals surface area contributed by atoms with Crippen LogP contribution in [0.5, 0.6) is 0 Å². The smallest absolute Gasteiger partial charge is 1.00 e. The molecule has 13 nitrogen and oxygen atoms in total. The molecule has 0 aromatic heterocycles. The van der Waals surface area contributed by atoms with Gasteiger partial charge in [-0.1, -0.05) is 0 Å². The number of rotatable bonds is 0. The van der Waals surface area contributed by atoms with Crippen molar-refractivity contribution in [1.82, 2.24) is 0 Å². The molecule has 0 saturated heterocycles. The molecule has 0 aliphatic rings. The van der Waals surface area contributed by atoms with E-state index >= 15 is 0 Å². The summed E-state index contributed by atoms with van der Waals surface area (Å²) in [5, 5.41) is 75.8. The second kappa shape index (κ2) is 101. The van der Waals surface area contributed by atoms with Gasteiger partial charge in [-0.05, 0) is 0 Å². The standard InChI is InChI=1S/3BO3.7Ba.ClH.Ge.4H2O/c3*2-1(3)4;;;;;;;;;;;;;/h;;;;;;;;;;1H;;4*1H2/q3*-3;7*+2;;;;;;/p-5. The molecule has 0 amide bonds. The largest absolute Gasteiger partial charge is 2.00 e. The zero-order valence-corrected chi connectivity index (χ0v) is 47.0. The minimum Gasteiger partial charge on any atom is -1.00 e. The second-order valence-corrected chi connectivity index (χ2v) is 0.866. The Hall–Kier alpha value is 11.5. The first-order valence-corrected chi connectivity index (χ1v) is 2.12. The number of hydrogen-bond acceptors (Lipinski definition) is 13. The monoisotopic (exact) mass is 1320 g/mol. The molecule has 0 rings (SSSR count). The molecule has 0 saturated carbocycles. The Morgan fingerprint density at radius 3 is 0.320 bits per heavy atom. The molecular formula is H4B3Ba7ClGeO13. The third-order valence-corrected chi connectivity index (χ3v) is 0. The Morgan fingerprint density at radius 2 is 0.320 bits per heavy atom. The first kappa shape index (κ1) is 109. The average Bonchev–Trinajstić information content (AvgIpc) is 1.54. The molecule has 4 N–H and O–H groups in total. The van der Waals surface area contributed by atoms with E-state index in [9.17, 15) is 0 Å². The molecular weight excluding hydrogens is 1310 g/mol. The molecule has 0 spiro atoms. The first-order valence-electron chi connectivity index (χ1n) is 2.12. The van der Waals surface area contributed by atoms with Crippen molar-refractivity contribution in [3.63, 3.8) is 0 Å². The van der Waals surface area contributed by atoms with Gasteiger partial charge in [0.05, 0.1) is 0 Å². The minimum absolute atomic E-state index is 0. The van der Waals surface area contributed by atoms with E-state index in [1.54, 1.807) is 0 Å². The molecule has 0 aliphatic carbocycles. The Balaban J connectivity index is -0.00000000276. The maximum Gasteiger partial charge on any atom is 2.00 e. The summed E-state index contributed by atoms with van der Waals surface area (Å²) >= 11 is 0. The third-order valence-electron chi connectivity index (χ3n) is 0. The van der Waals surface area contributed by atoms with E-state index in [4.69, 9.17) is 45.2 Å². The fourth-order valence-electron chi connectivity index (χ4n) is 0. The molecule has 0 aliphatic heterocycles. The zero-order chi connectivity index (χ0) is 10.7. The fourth-order valence-corrected chi connectivity index (χ4v) is 0. The van der Waals surface area contributed by atoms with E-state index < -0.39 is 22.0 Å². The maximum absolute atomic E-state index is 8.42. The molecule has 0 bridgehead atoms. The van der Waals surface area contributed by atoms with E-state index in [0.717, 1.165) is 0 Å². The molecule has 0 atom stereocenters. The van der Waals surface area contributed by atoms with E-state index in [2.05, 4.69) is 0 Å². The van der Waals surface area contributed by atoms with Gasteiger partial charge in [-0.15, -0.1) is 0 Å². The Morgan fingerprint density at radius 1 is 0.320 bits per heavy atom. The molecule has 0 heterocycles. The van der Waals surface area contributed by atoms with Crippen LogP contribution in [0, 0.1) is 0 Å².